The summed E-state index contributed by atoms with van der Waals surface area (Å²) in [5.41, 5.74) is 0.346. The summed E-state index contributed by atoms with van der Waals surface area (Å²) in [6.07, 6.45) is 1.31. The number of carbonyl (C=O) groups excluding carboxylic acids is 1. The van der Waals surface area contributed by atoms with Crippen molar-refractivity contribution in [2.45, 2.75) is 56.7 Å². The summed E-state index contributed by atoms with van der Waals surface area (Å²) < 4.78 is 42.4. The predicted molar refractivity (Wildman–Crippen MR) is 116 cm³/mol. The zero-order valence-electron chi connectivity index (χ0n) is 18.8. The van der Waals surface area contributed by atoms with Gasteiger partial charge in [-0.05, 0) is 54.4 Å². The van der Waals surface area contributed by atoms with Crippen molar-refractivity contribution in [2.75, 3.05) is 26.2 Å². The standard InChI is InChI=1S/C25H27F3N4O/c1-24(2)17-6-8-25(24,23(33)32-12-15(13-32)31-9-7-14(26)11-31)22-16(17)10-20(29-30-22)21-18(27)4-3-5-19(21)28/h3-5,10,14-15,17H,6-9,11-13H2,1-2H3/t14-,17-,25+/m0/s1. The van der Waals surface area contributed by atoms with Crippen LogP contribution in [0.4, 0.5) is 13.2 Å². The van der Waals surface area contributed by atoms with E-state index in [1.807, 2.05) is 4.90 Å². The normalized spacial score (nSPS) is 30.5. The highest BCUT2D eigenvalue weighted by Crippen LogP contribution is 2.68. The van der Waals surface area contributed by atoms with Gasteiger partial charge >= 0.3 is 0 Å². The van der Waals surface area contributed by atoms with Gasteiger partial charge in [-0.2, -0.15) is 5.10 Å². The van der Waals surface area contributed by atoms with Crippen molar-refractivity contribution < 1.29 is 18.0 Å². The third-order valence-corrected chi connectivity index (χ3v) is 8.79. The van der Waals surface area contributed by atoms with E-state index in [1.54, 1.807) is 6.07 Å². The molecule has 1 aromatic heterocycles. The molecule has 5 nitrogen and oxygen atoms in total. The number of carbonyl (C=O) groups is 1. The lowest BCUT2D eigenvalue weighted by molar-refractivity contribution is -0.148. The SMILES string of the molecule is CC1(C)[C@H]2CC[C@]1(C(=O)N1CC(N3CC[C@H](F)C3)C1)c1nnc(-c3c(F)cccc3F)cc12. The molecule has 4 aliphatic rings. The highest BCUT2D eigenvalue weighted by Gasteiger charge is 2.68. The first kappa shape index (κ1) is 21.1. The van der Waals surface area contributed by atoms with Crippen molar-refractivity contribution in [3.05, 3.63) is 47.2 Å². The number of halogens is 3. The molecule has 0 spiro atoms. The second kappa shape index (κ2) is 7.01. The molecule has 1 aromatic carbocycles. The van der Waals surface area contributed by atoms with Crippen LogP contribution in [-0.4, -0.2) is 64.3 Å². The molecule has 3 heterocycles. The number of likely N-dealkylation sites (tertiary alicyclic amines) is 2. The Balaban J connectivity index is 1.33. The van der Waals surface area contributed by atoms with Crippen LogP contribution in [0.15, 0.2) is 24.3 Å². The molecule has 2 aliphatic heterocycles. The van der Waals surface area contributed by atoms with E-state index in [4.69, 9.17) is 0 Å². The van der Waals surface area contributed by atoms with E-state index in [2.05, 4.69) is 28.9 Å². The molecule has 3 atom stereocenters. The Kier molecular flexibility index (Phi) is 4.48. The molecule has 0 N–H and O–H groups in total. The Hall–Kier alpha value is -2.48. The molecule has 2 saturated heterocycles. The van der Waals surface area contributed by atoms with Crippen LogP contribution in [0.3, 0.4) is 0 Å². The summed E-state index contributed by atoms with van der Waals surface area (Å²) >= 11 is 0. The predicted octanol–water partition coefficient (Wildman–Crippen LogP) is 3.83. The fraction of sp³-hybridized carbons (Fsp3) is 0.560. The molecule has 1 amide bonds. The third kappa shape index (κ3) is 2.73. The quantitative estimate of drug-likeness (QED) is 0.705. The van der Waals surface area contributed by atoms with E-state index in [0.29, 0.717) is 38.2 Å². The van der Waals surface area contributed by atoms with Crippen LogP contribution >= 0.6 is 0 Å². The second-order valence-electron chi connectivity index (χ2n) is 10.6. The summed E-state index contributed by atoms with van der Waals surface area (Å²) in [6, 6.07) is 5.68. The lowest BCUT2D eigenvalue weighted by atomic mass is 9.67. The maximum atomic E-state index is 14.4. The first-order chi connectivity index (χ1) is 15.7. The molecular formula is C25H27F3N4O. The van der Waals surface area contributed by atoms with Gasteiger partial charge in [0.05, 0.1) is 22.4 Å². The maximum absolute atomic E-state index is 14.4. The fourth-order valence-electron chi connectivity index (χ4n) is 6.86. The van der Waals surface area contributed by atoms with Crippen LogP contribution in [0.5, 0.6) is 0 Å². The van der Waals surface area contributed by atoms with Crippen molar-refractivity contribution in [1.29, 1.82) is 0 Å². The highest BCUT2D eigenvalue weighted by molar-refractivity contribution is 5.92. The van der Waals surface area contributed by atoms with Gasteiger partial charge in [-0.1, -0.05) is 19.9 Å². The van der Waals surface area contributed by atoms with E-state index in [1.165, 1.54) is 18.2 Å². The fourth-order valence-corrected chi connectivity index (χ4v) is 6.86. The average Bonchev–Trinajstić information content (AvgIpc) is 3.33. The van der Waals surface area contributed by atoms with Crippen LogP contribution in [0.2, 0.25) is 0 Å². The minimum atomic E-state index is -0.787. The van der Waals surface area contributed by atoms with Crippen LogP contribution in [-0.2, 0) is 10.2 Å². The van der Waals surface area contributed by atoms with Gasteiger partial charge in [-0.15, -0.1) is 5.10 Å². The van der Waals surface area contributed by atoms with Gasteiger partial charge in [0.2, 0.25) is 5.91 Å². The van der Waals surface area contributed by atoms with Gasteiger partial charge in [-0.25, -0.2) is 13.2 Å². The minimum Gasteiger partial charge on any atom is -0.339 e. The van der Waals surface area contributed by atoms with Crippen LogP contribution in [0.25, 0.3) is 11.3 Å². The molecule has 8 heteroatoms. The molecule has 2 aliphatic carbocycles. The second-order valence-corrected chi connectivity index (χ2v) is 10.6. The monoisotopic (exact) mass is 456 g/mol. The van der Waals surface area contributed by atoms with E-state index in [0.717, 1.165) is 18.5 Å². The first-order valence-corrected chi connectivity index (χ1v) is 11.7. The van der Waals surface area contributed by atoms with E-state index < -0.39 is 23.2 Å². The number of hydrogen-bond donors (Lipinski definition) is 0. The molecule has 1 saturated carbocycles. The molecule has 33 heavy (non-hydrogen) atoms. The molecule has 0 unspecified atom stereocenters. The number of rotatable bonds is 3. The molecule has 174 valence electrons. The number of amides is 1. The maximum Gasteiger partial charge on any atom is 0.235 e. The minimum absolute atomic E-state index is 0.0557. The molecule has 0 radical (unpaired) electrons. The number of fused-ring (bicyclic) bond motifs is 5. The Morgan fingerprint density at radius 1 is 1.09 bits per heavy atom. The summed E-state index contributed by atoms with van der Waals surface area (Å²) in [4.78, 5) is 17.9. The van der Waals surface area contributed by atoms with Gasteiger partial charge in [0.15, 0.2) is 0 Å². The van der Waals surface area contributed by atoms with Crippen molar-refractivity contribution in [3.63, 3.8) is 0 Å². The lowest BCUT2D eigenvalue weighted by Gasteiger charge is -2.49. The molecule has 6 rings (SSSR count). The molecule has 2 bridgehead atoms. The van der Waals surface area contributed by atoms with Crippen LogP contribution < -0.4 is 0 Å². The zero-order chi connectivity index (χ0) is 23.1. The van der Waals surface area contributed by atoms with E-state index in [-0.39, 0.29) is 34.5 Å². The number of aromatic nitrogens is 2. The summed E-state index contributed by atoms with van der Waals surface area (Å²) in [7, 11) is 0. The first-order valence-electron chi connectivity index (χ1n) is 11.7. The number of nitrogens with zero attached hydrogens (tertiary/aromatic N) is 4. The van der Waals surface area contributed by atoms with Crippen LogP contribution in [0.1, 0.15) is 50.3 Å². The van der Waals surface area contributed by atoms with Crippen molar-refractivity contribution >= 4 is 5.91 Å². The number of benzene rings is 1. The molecular weight excluding hydrogens is 429 g/mol. The average molecular weight is 457 g/mol. The van der Waals surface area contributed by atoms with Gasteiger partial charge in [0.25, 0.3) is 0 Å². The topological polar surface area (TPSA) is 49.3 Å². The van der Waals surface area contributed by atoms with Crippen LogP contribution in [0, 0.1) is 17.0 Å². The third-order valence-electron chi connectivity index (χ3n) is 8.79. The van der Waals surface area contributed by atoms with Gasteiger partial charge in [-0.3, -0.25) is 9.69 Å². The molecule has 3 fully saturated rings. The lowest BCUT2D eigenvalue weighted by Crippen LogP contribution is -2.65. The highest BCUT2D eigenvalue weighted by atomic mass is 19.1. The Morgan fingerprint density at radius 3 is 2.48 bits per heavy atom. The summed E-state index contributed by atoms with van der Waals surface area (Å²) in [5.74, 6) is -1.23. The largest absolute Gasteiger partial charge is 0.339 e. The Labute approximate surface area is 191 Å². The van der Waals surface area contributed by atoms with Crippen molar-refractivity contribution in [1.82, 2.24) is 20.0 Å². The molecule has 2 aromatic rings. The Morgan fingerprint density at radius 2 is 1.82 bits per heavy atom. The van der Waals surface area contributed by atoms with Gasteiger partial charge in [0, 0.05) is 32.2 Å². The Bertz CT molecular complexity index is 1130. The van der Waals surface area contributed by atoms with Gasteiger partial charge in [0.1, 0.15) is 17.8 Å². The van der Waals surface area contributed by atoms with Gasteiger partial charge < -0.3 is 4.90 Å². The number of alkyl halides is 1. The van der Waals surface area contributed by atoms with E-state index >= 15 is 0 Å². The summed E-state index contributed by atoms with van der Waals surface area (Å²) in [6.45, 7) is 6.61. The smallest absolute Gasteiger partial charge is 0.235 e. The zero-order valence-corrected chi connectivity index (χ0v) is 18.8. The van der Waals surface area contributed by atoms with Crippen molar-refractivity contribution in [3.8, 4) is 11.3 Å². The summed E-state index contributed by atoms with van der Waals surface area (Å²) in [5, 5.41) is 8.64. The van der Waals surface area contributed by atoms with E-state index in [9.17, 15) is 18.0 Å². The number of hydrogen-bond acceptors (Lipinski definition) is 4. The van der Waals surface area contributed by atoms with Crippen molar-refractivity contribution in [2.24, 2.45) is 5.41 Å².